The smallest absolute Gasteiger partial charge is 0.278 e. The summed E-state index contributed by atoms with van der Waals surface area (Å²) in [5, 5.41) is 23.6. The van der Waals surface area contributed by atoms with Gasteiger partial charge < -0.3 is 24.8 Å². The quantitative estimate of drug-likeness (QED) is 0.218. The molecule has 340 valence electrons. The van der Waals surface area contributed by atoms with Gasteiger partial charge in [-0.05, 0) is 67.6 Å². The highest BCUT2D eigenvalue weighted by molar-refractivity contribution is 6.31. The minimum atomic E-state index is -0.890. The van der Waals surface area contributed by atoms with Crippen LogP contribution in [-0.2, 0) is 14.4 Å². The lowest BCUT2D eigenvalue weighted by Gasteiger charge is -2.63. The first-order chi connectivity index (χ1) is 31.1. The molecule has 6 heterocycles. The van der Waals surface area contributed by atoms with Gasteiger partial charge in [-0.15, -0.1) is 5.10 Å². The van der Waals surface area contributed by atoms with Crippen molar-refractivity contribution in [2.45, 2.75) is 71.6 Å². The Kier molecular flexibility index (Phi) is 11.8. The lowest BCUT2D eigenvalue weighted by molar-refractivity contribution is -0.164. The topological polar surface area (TPSA) is 199 Å². The van der Waals surface area contributed by atoms with Crippen LogP contribution < -0.4 is 30.7 Å². The van der Waals surface area contributed by atoms with E-state index in [4.69, 9.17) is 21.3 Å². The van der Waals surface area contributed by atoms with E-state index >= 15 is 0 Å². The summed E-state index contributed by atoms with van der Waals surface area (Å²) in [4.78, 5) is 78.0. The summed E-state index contributed by atoms with van der Waals surface area (Å²) >= 11 is 6.26. The van der Waals surface area contributed by atoms with Gasteiger partial charge >= 0.3 is 0 Å². The fourth-order valence-corrected chi connectivity index (χ4v) is 11.1. The number of imide groups is 1. The molecule has 1 atom stereocenters. The zero-order valence-electron chi connectivity index (χ0n) is 37.1. The average molecular weight is 904 g/mol. The number of nitriles is 1. The second-order valence-corrected chi connectivity index (χ2v) is 19.8. The van der Waals surface area contributed by atoms with Crippen LogP contribution in [0.25, 0.3) is 10.9 Å². The Morgan fingerprint density at radius 1 is 0.923 bits per heavy atom. The maximum atomic E-state index is 13.5. The number of pyridine rings is 1. The maximum Gasteiger partial charge on any atom is 0.278 e. The molecule has 2 aromatic heterocycles. The largest absolute Gasteiger partial charge is 0.489 e. The molecule has 1 unspecified atom stereocenters. The molecule has 1 saturated carbocycles. The summed E-state index contributed by atoms with van der Waals surface area (Å²) in [7, 11) is 0. The number of piperidine rings is 2. The lowest BCUT2D eigenvalue weighted by Crippen LogP contribution is -2.74. The minimum absolute atomic E-state index is 0.110. The van der Waals surface area contributed by atoms with E-state index in [-0.39, 0.29) is 59.5 Å². The predicted octanol–water partition coefficient (Wildman–Crippen LogP) is 3.80. The van der Waals surface area contributed by atoms with Crippen molar-refractivity contribution in [3.63, 3.8) is 0 Å². The van der Waals surface area contributed by atoms with Gasteiger partial charge in [0.2, 0.25) is 11.8 Å². The van der Waals surface area contributed by atoms with Crippen LogP contribution in [0.5, 0.6) is 5.75 Å². The minimum Gasteiger partial charge on any atom is -0.489 e. The van der Waals surface area contributed by atoms with E-state index in [0.29, 0.717) is 51.8 Å². The second-order valence-electron chi connectivity index (χ2n) is 19.4. The van der Waals surface area contributed by atoms with Crippen LogP contribution in [0, 0.1) is 34.0 Å². The highest BCUT2D eigenvalue weighted by Gasteiger charge is 2.64. The van der Waals surface area contributed by atoms with Gasteiger partial charge in [0.25, 0.3) is 17.4 Å². The van der Waals surface area contributed by atoms with Crippen LogP contribution in [-0.4, -0.2) is 124 Å². The van der Waals surface area contributed by atoms with E-state index in [1.54, 1.807) is 36.5 Å². The number of ether oxygens (including phenoxy) is 1. The molecule has 65 heavy (non-hydrogen) atoms. The predicted molar refractivity (Wildman–Crippen MR) is 243 cm³/mol. The van der Waals surface area contributed by atoms with Gasteiger partial charge in [-0.2, -0.15) is 9.94 Å². The molecule has 4 aromatic rings. The molecule has 5 fully saturated rings. The Morgan fingerprint density at radius 3 is 2.32 bits per heavy atom. The molecule has 1 aliphatic carbocycles. The van der Waals surface area contributed by atoms with Crippen molar-refractivity contribution in [1.82, 2.24) is 40.4 Å². The van der Waals surface area contributed by atoms with E-state index in [9.17, 15) is 29.2 Å². The first-order valence-corrected chi connectivity index (χ1v) is 22.9. The molecule has 4 aliphatic heterocycles. The molecule has 4 saturated heterocycles. The highest BCUT2D eigenvalue weighted by Crippen LogP contribution is 2.55. The van der Waals surface area contributed by atoms with Crippen molar-refractivity contribution in [1.29, 1.82) is 5.26 Å². The van der Waals surface area contributed by atoms with Crippen molar-refractivity contribution < 1.29 is 23.9 Å². The highest BCUT2D eigenvalue weighted by atomic mass is 35.5. The Balaban J connectivity index is 0.702. The molecule has 4 amide bonds. The zero-order chi connectivity index (χ0) is 45.8. The summed E-state index contributed by atoms with van der Waals surface area (Å²) in [5.74, 6) is 0.921. The van der Waals surface area contributed by atoms with Crippen molar-refractivity contribution >= 4 is 57.6 Å². The molecule has 9 rings (SSSR count). The normalized spacial score (nSPS) is 23.6. The second kappa shape index (κ2) is 17.4. The number of carbonyl (C=O) groups excluding carboxylic acids is 4. The van der Waals surface area contributed by atoms with Crippen molar-refractivity contribution in [3.8, 4) is 11.8 Å². The first-order valence-electron chi connectivity index (χ1n) is 22.5. The number of carbonyl (C=O) groups is 4. The fraction of sp³-hybridized carbons (Fsp3) is 0.511. The van der Waals surface area contributed by atoms with Crippen molar-refractivity contribution in [2.75, 3.05) is 68.7 Å². The number of nitrogens with one attached hydrogen (secondary N) is 2. The van der Waals surface area contributed by atoms with Crippen LogP contribution in [0.3, 0.4) is 0 Å². The number of benzene rings is 2. The van der Waals surface area contributed by atoms with Crippen molar-refractivity contribution in [3.05, 3.63) is 81.2 Å². The number of rotatable bonds is 10. The number of amides is 4. The average Bonchev–Trinajstić information content (AvgIpc) is 3.28. The molecule has 0 spiro atoms. The number of halogens is 1. The zero-order valence-corrected chi connectivity index (χ0v) is 37.9. The number of hydrogen-bond donors (Lipinski definition) is 2. The number of aromatic nitrogens is 4. The summed E-state index contributed by atoms with van der Waals surface area (Å²) < 4.78 is 7.44. The molecule has 0 radical (unpaired) electrons. The van der Waals surface area contributed by atoms with Gasteiger partial charge in [-0.1, -0.05) is 44.5 Å². The Morgan fingerprint density at radius 2 is 1.66 bits per heavy atom. The molecule has 17 nitrogen and oxygen atoms in total. The maximum absolute atomic E-state index is 13.5. The van der Waals surface area contributed by atoms with E-state index in [1.165, 1.54) is 0 Å². The number of nitrogens with zero attached hydrogens (tertiary/aromatic N) is 9. The number of fused-ring (bicyclic) bond motifs is 1. The van der Waals surface area contributed by atoms with Crippen LogP contribution in [0.4, 0.5) is 11.5 Å². The summed E-state index contributed by atoms with van der Waals surface area (Å²) in [5.41, 5.74) is 0.932. The third-order valence-corrected chi connectivity index (χ3v) is 14.7. The Hall–Kier alpha value is -6.12. The third kappa shape index (κ3) is 8.49. The summed E-state index contributed by atoms with van der Waals surface area (Å²) in [6, 6.07) is 15.2. The molecule has 2 N–H and O–H groups in total. The van der Waals surface area contributed by atoms with E-state index in [0.717, 1.165) is 74.8 Å². The number of likely N-dealkylation sites (tertiary alicyclic amines) is 1. The third-order valence-electron chi connectivity index (χ3n) is 14.3. The van der Waals surface area contributed by atoms with E-state index in [2.05, 4.69) is 69.4 Å². The van der Waals surface area contributed by atoms with Gasteiger partial charge in [0.05, 0.1) is 27.5 Å². The molecular weight excluding hydrogens is 850 g/mol. The van der Waals surface area contributed by atoms with Gasteiger partial charge in [-0.25, -0.2) is 4.98 Å². The van der Waals surface area contributed by atoms with E-state index in [1.807, 2.05) is 23.1 Å². The molecule has 18 heteroatoms. The monoisotopic (exact) mass is 903 g/mol. The summed E-state index contributed by atoms with van der Waals surface area (Å²) in [6.07, 6.45) is 3.70. The van der Waals surface area contributed by atoms with Crippen LogP contribution in [0.2, 0.25) is 5.02 Å². The number of anilines is 2. The lowest BCUT2D eigenvalue weighted by atomic mass is 9.49. The number of piperazine rings is 1. The molecule has 5 aliphatic rings. The Labute approximate surface area is 382 Å². The SMILES string of the molecule is CC1(C)C(NC(=O)c2ccc(N3CCN(CC4CCN(C(=O)C5CN(c6ccc7nnn(C8CCC(=O)NC8=O)c(=O)c7c6)C5)CC4)CC3)nc2)C(C)(C)C1Oc1ccc(C#N)c(Cl)c1. The van der Waals surface area contributed by atoms with Crippen LogP contribution >= 0.6 is 11.6 Å². The number of hydrogen-bond acceptors (Lipinski definition) is 13. The van der Waals surface area contributed by atoms with Crippen LogP contribution in [0.15, 0.2) is 59.5 Å². The van der Waals surface area contributed by atoms with Gasteiger partial charge in [-0.3, -0.25) is 34.2 Å². The Bertz CT molecular complexity index is 2610. The molecular formula is C47H54ClN11O6. The van der Waals surface area contributed by atoms with Gasteiger partial charge in [0.15, 0.2) is 0 Å². The first kappa shape index (κ1) is 44.1. The summed E-state index contributed by atoms with van der Waals surface area (Å²) in [6.45, 7) is 15.4. The fourth-order valence-electron chi connectivity index (χ4n) is 10.8. The van der Waals surface area contributed by atoms with Crippen molar-refractivity contribution in [2.24, 2.45) is 22.7 Å². The van der Waals surface area contributed by atoms with Crippen LogP contribution in [0.1, 0.15) is 75.3 Å². The molecule has 2 aromatic carbocycles. The van der Waals surface area contributed by atoms with Gasteiger partial charge in [0.1, 0.15) is 35.3 Å². The van der Waals surface area contributed by atoms with Gasteiger partial charge in [0, 0.05) is 100 Å². The van der Waals surface area contributed by atoms with E-state index < -0.39 is 17.5 Å². The standard InChI is InChI=1S/C47H54ClN11O6/c1-46(2)44(47(3,4)45(46)65-33-8-5-29(23-49)35(48)22-33)52-40(61)30-6-11-38(50-24-30)56-19-17-55(18-20-56)25-28-13-15-57(16-14-28)42(63)31-26-58(27-31)32-7-9-36-34(21-32)43(64)59(54-53-36)37-10-12-39(60)51-41(37)62/h5-9,11,21-22,24,28,31,37,44-45H,10,12-20,25-27H2,1-4H3,(H,52,61)(H,51,60,62). The molecule has 0 bridgehead atoms.